The van der Waals surface area contributed by atoms with Crippen LogP contribution in [-0.2, 0) is 6.54 Å². The standard InChI is InChI=1S/C17H20ClNO2/c1-3-21-16-6-4-5-14(17(16)20)11-19-12(2)13-7-9-15(18)10-8-13/h4-10,12,19-20H,3,11H2,1-2H3/t12-/m1/s1. The van der Waals surface area contributed by atoms with Crippen LogP contribution in [0.5, 0.6) is 11.5 Å². The Morgan fingerprint density at radius 2 is 1.90 bits per heavy atom. The molecule has 0 bridgehead atoms. The molecule has 0 aromatic heterocycles. The van der Waals surface area contributed by atoms with Crippen LogP contribution in [0.25, 0.3) is 0 Å². The number of phenols is 1. The summed E-state index contributed by atoms with van der Waals surface area (Å²) in [6.07, 6.45) is 0. The number of para-hydroxylation sites is 1. The molecule has 21 heavy (non-hydrogen) atoms. The van der Waals surface area contributed by atoms with Gasteiger partial charge in [0.15, 0.2) is 11.5 Å². The van der Waals surface area contributed by atoms with Crippen LogP contribution >= 0.6 is 11.6 Å². The summed E-state index contributed by atoms with van der Waals surface area (Å²) in [6.45, 7) is 5.07. The minimum absolute atomic E-state index is 0.164. The largest absolute Gasteiger partial charge is 0.504 e. The van der Waals surface area contributed by atoms with E-state index in [1.54, 1.807) is 6.07 Å². The molecule has 1 atom stereocenters. The van der Waals surface area contributed by atoms with Gasteiger partial charge in [0, 0.05) is 23.2 Å². The van der Waals surface area contributed by atoms with Crippen molar-refractivity contribution in [3.63, 3.8) is 0 Å². The lowest BCUT2D eigenvalue weighted by Crippen LogP contribution is -2.18. The van der Waals surface area contributed by atoms with Crippen molar-refractivity contribution in [2.45, 2.75) is 26.4 Å². The second-order valence-corrected chi connectivity index (χ2v) is 5.29. The average Bonchev–Trinajstić information content (AvgIpc) is 2.49. The second-order valence-electron chi connectivity index (χ2n) is 4.85. The van der Waals surface area contributed by atoms with E-state index >= 15 is 0 Å². The molecule has 0 heterocycles. The molecule has 0 saturated carbocycles. The van der Waals surface area contributed by atoms with Gasteiger partial charge in [-0.25, -0.2) is 0 Å². The molecule has 0 unspecified atom stereocenters. The van der Waals surface area contributed by atoms with Crippen molar-refractivity contribution in [3.05, 3.63) is 58.6 Å². The number of hydrogen-bond acceptors (Lipinski definition) is 3. The van der Waals surface area contributed by atoms with E-state index in [0.717, 1.165) is 16.1 Å². The molecule has 4 heteroatoms. The number of ether oxygens (including phenoxy) is 1. The van der Waals surface area contributed by atoms with E-state index < -0.39 is 0 Å². The van der Waals surface area contributed by atoms with Crippen molar-refractivity contribution in [1.29, 1.82) is 0 Å². The second kappa shape index (κ2) is 7.34. The molecule has 2 aromatic rings. The summed E-state index contributed by atoms with van der Waals surface area (Å²) in [5, 5.41) is 14.3. The van der Waals surface area contributed by atoms with Gasteiger partial charge in [-0.15, -0.1) is 0 Å². The van der Waals surface area contributed by atoms with Crippen molar-refractivity contribution < 1.29 is 9.84 Å². The van der Waals surface area contributed by atoms with E-state index in [-0.39, 0.29) is 11.8 Å². The highest BCUT2D eigenvalue weighted by Crippen LogP contribution is 2.30. The Balaban J connectivity index is 2.02. The summed E-state index contributed by atoms with van der Waals surface area (Å²) in [5.74, 6) is 0.728. The van der Waals surface area contributed by atoms with Crippen LogP contribution in [0.2, 0.25) is 5.02 Å². The van der Waals surface area contributed by atoms with Gasteiger partial charge in [0.05, 0.1) is 6.61 Å². The lowest BCUT2D eigenvalue weighted by Gasteiger charge is -2.16. The summed E-state index contributed by atoms with van der Waals surface area (Å²) in [7, 11) is 0. The van der Waals surface area contributed by atoms with Gasteiger partial charge in [-0.1, -0.05) is 35.9 Å². The predicted octanol–water partition coefficient (Wildman–Crippen LogP) is 4.30. The first-order chi connectivity index (χ1) is 10.1. The zero-order valence-corrected chi connectivity index (χ0v) is 13.0. The summed E-state index contributed by atoms with van der Waals surface area (Å²) >= 11 is 5.89. The quantitative estimate of drug-likeness (QED) is 0.836. The van der Waals surface area contributed by atoms with Gasteiger partial charge in [0.25, 0.3) is 0 Å². The normalized spacial score (nSPS) is 12.1. The Kier molecular flexibility index (Phi) is 5.48. The number of rotatable bonds is 6. The third-order valence-corrected chi connectivity index (χ3v) is 3.60. The summed E-state index contributed by atoms with van der Waals surface area (Å²) in [5.41, 5.74) is 1.97. The fourth-order valence-corrected chi connectivity index (χ4v) is 2.24. The first kappa shape index (κ1) is 15.7. The molecule has 0 aliphatic rings. The van der Waals surface area contributed by atoms with Gasteiger partial charge in [0.2, 0.25) is 0 Å². The number of nitrogens with one attached hydrogen (secondary N) is 1. The first-order valence-corrected chi connectivity index (χ1v) is 7.42. The first-order valence-electron chi connectivity index (χ1n) is 7.04. The number of phenolic OH excluding ortho intramolecular Hbond substituents is 1. The van der Waals surface area contributed by atoms with Crippen molar-refractivity contribution in [1.82, 2.24) is 5.32 Å². The molecule has 2 rings (SSSR count). The van der Waals surface area contributed by atoms with E-state index in [9.17, 15) is 5.11 Å². The maximum atomic E-state index is 10.2. The molecule has 2 aromatic carbocycles. The van der Waals surface area contributed by atoms with Crippen LogP contribution in [0.1, 0.15) is 31.0 Å². The SMILES string of the molecule is CCOc1cccc(CN[C@H](C)c2ccc(Cl)cc2)c1O. The Labute approximate surface area is 130 Å². The smallest absolute Gasteiger partial charge is 0.162 e. The fraction of sp³-hybridized carbons (Fsp3) is 0.294. The lowest BCUT2D eigenvalue weighted by molar-refractivity contribution is 0.316. The van der Waals surface area contributed by atoms with E-state index in [1.165, 1.54) is 0 Å². The number of aromatic hydroxyl groups is 1. The van der Waals surface area contributed by atoms with Crippen LogP contribution in [0.3, 0.4) is 0 Å². The van der Waals surface area contributed by atoms with Crippen LogP contribution < -0.4 is 10.1 Å². The third-order valence-electron chi connectivity index (χ3n) is 3.35. The van der Waals surface area contributed by atoms with E-state index in [1.807, 2.05) is 43.3 Å². The van der Waals surface area contributed by atoms with Crippen molar-refractivity contribution >= 4 is 11.6 Å². The summed E-state index contributed by atoms with van der Waals surface area (Å²) in [6, 6.07) is 13.5. The zero-order chi connectivity index (χ0) is 15.2. The van der Waals surface area contributed by atoms with Crippen LogP contribution in [0.15, 0.2) is 42.5 Å². The Bertz CT molecular complexity index is 584. The molecule has 2 N–H and O–H groups in total. The van der Waals surface area contributed by atoms with E-state index in [2.05, 4.69) is 12.2 Å². The van der Waals surface area contributed by atoms with Crippen LogP contribution in [0.4, 0.5) is 0 Å². The van der Waals surface area contributed by atoms with Crippen molar-refractivity contribution in [2.24, 2.45) is 0 Å². The predicted molar refractivity (Wildman–Crippen MR) is 86.0 cm³/mol. The molecule has 0 aliphatic heterocycles. The molecular weight excluding hydrogens is 286 g/mol. The maximum Gasteiger partial charge on any atom is 0.162 e. The highest BCUT2D eigenvalue weighted by Gasteiger charge is 2.10. The maximum absolute atomic E-state index is 10.2. The molecule has 0 aliphatic carbocycles. The van der Waals surface area contributed by atoms with Gasteiger partial charge in [-0.05, 0) is 37.6 Å². The zero-order valence-electron chi connectivity index (χ0n) is 12.3. The van der Waals surface area contributed by atoms with E-state index in [0.29, 0.717) is 18.9 Å². The van der Waals surface area contributed by atoms with Crippen LogP contribution in [-0.4, -0.2) is 11.7 Å². The van der Waals surface area contributed by atoms with Crippen molar-refractivity contribution in [2.75, 3.05) is 6.61 Å². The third kappa shape index (κ3) is 4.13. The Morgan fingerprint density at radius 3 is 2.57 bits per heavy atom. The Hall–Kier alpha value is -1.71. The molecule has 0 spiro atoms. The molecule has 112 valence electrons. The highest BCUT2D eigenvalue weighted by molar-refractivity contribution is 6.30. The van der Waals surface area contributed by atoms with Gasteiger partial charge in [-0.2, -0.15) is 0 Å². The molecule has 0 fully saturated rings. The Morgan fingerprint density at radius 1 is 1.19 bits per heavy atom. The van der Waals surface area contributed by atoms with Gasteiger partial charge < -0.3 is 15.2 Å². The van der Waals surface area contributed by atoms with Crippen LogP contribution in [0, 0.1) is 0 Å². The van der Waals surface area contributed by atoms with Crippen molar-refractivity contribution in [3.8, 4) is 11.5 Å². The molecule has 0 saturated heterocycles. The highest BCUT2D eigenvalue weighted by atomic mass is 35.5. The molecule has 0 amide bonds. The van der Waals surface area contributed by atoms with Gasteiger partial charge >= 0.3 is 0 Å². The monoisotopic (exact) mass is 305 g/mol. The molecular formula is C17H20ClNO2. The minimum Gasteiger partial charge on any atom is -0.504 e. The average molecular weight is 306 g/mol. The number of hydrogen-bond donors (Lipinski definition) is 2. The molecule has 3 nitrogen and oxygen atoms in total. The lowest BCUT2D eigenvalue weighted by atomic mass is 10.1. The molecule has 0 radical (unpaired) electrons. The van der Waals surface area contributed by atoms with Gasteiger partial charge in [-0.3, -0.25) is 0 Å². The minimum atomic E-state index is 0.164. The topological polar surface area (TPSA) is 41.5 Å². The van der Waals surface area contributed by atoms with E-state index in [4.69, 9.17) is 16.3 Å². The van der Waals surface area contributed by atoms with Gasteiger partial charge in [0.1, 0.15) is 0 Å². The summed E-state index contributed by atoms with van der Waals surface area (Å²) < 4.78 is 5.39. The number of benzene rings is 2. The number of halogens is 1. The fourth-order valence-electron chi connectivity index (χ4n) is 2.11. The summed E-state index contributed by atoms with van der Waals surface area (Å²) in [4.78, 5) is 0.